The molecule has 2 unspecified atom stereocenters. The highest BCUT2D eigenvalue weighted by atomic mass is 16.3. The topological polar surface area (TPSA) is 28.4 Å². The fourth-order valence-corrected chi connectivity index (χ4v) is 4.09. The Morgan fingerprint density at radius 1 is 1.05 bits per heavy atom. The van der Waals surface area contributed by atoms with Crippen molar-refractivity contribution in [1.29, 1.82) is 0 Å². The SMILES string of the molecule is c1cc(CN2CCCC3CCCC32)oc1CNC1CC1. The van der Waals surface area contributed by atoms with Crippen molar-refractivity contribution in [3.8, 4) is 0 Å². The molecule has 1 aromatic heterocycles. The summed E-state index contributed by atoms with van der Waals surface area (Å²) in [5.74, 6) is 3.23. The quantitative estimate of drug-likeness (QED) is 0.893. The second-order valence-corrected chi connectivity index (χ2v) is 6.89. The Morgan fingerprint density at radius 3 is 2.80 bits per heavy atom. The fourth-order valence-electron chi connectivity index (χ4n) is 4.09. The second kappa shape index (κ2) is 5.53. The van der Waals surface area contributed by atoms with Crippen molar-refractivity contribution in [2.75, 3.05) is 6.54 Å². The van der Waals surface area contributed by atoms with E-state index in [9.17, 15) is 0 Å². The van der Waals surface area contributed by atoms with Crippen molar-refractivity contribution in [2.45, 2.75) is 70.1 Å². The third-order valence-corrected chi connectivity index (χ3v) is 5.33. The molecule has 1 N–H and O–H groups in total. The van der Waals surface area contributed by atoms with E-state index in [2.05, 4.69) is 22.3 Å². The Hall–Kier alpha value is -0.800. The summed E-state index contributed by atoms with van der Waals surface area (Å²) in [6, 6.07) is 5.93. The number of hydrogen-bond acceptors (Lipinski definition) is 3. The Labute approximate surface area is 121 Å². The Bertz CT molecular complexity index is 452. The number of furan rings is 1. The van der Waals surface area contributed by atoms with Crippen LogP contribution in [0, 0.1) is 5.92 Å². The van der Waals surface area contributed by atoms with Crippen LogP contribution in [0.3, 0.4) is 0 Å². The molecule has 0 bridgehead atoms. The third kappa shape index (κ3) is 2.79. The van der Waals surface area contributed by atoms with Gasteiger partial charge in [-0.3, -0.25) is 4.90 Å². The van der Waals surface area contributed by atoms with Gasteiger partial charge >= 0.3 is 0 Å². The van der Waals surface area contributed by atoms with Gasteiger partial charge in [-0.1, -0.05) is 6.42 Å². The summed E-state index contributed by atoms with van der Waals surface area (Å²) in [4.78, 5) is 2.68. The lowest BCUT2D eigenvalue weighted by Crippen LogP contribution is -2.41. The number of hydrogen-bond donors (Lipinski definition) is 1. The summed E-state index contributed by atoms with van der Waals surface area (Å²) < 4.78 is 6.01. The van der Waals surface area contributed by atoms with Crippen molar-refractivity contribution < 1.29 is 4.42 Å². The van der Waals surface area contributed by atoms with Crippen LogP contribution in [-0.2, 0) is 13.1 Å². The van der Waals surface area contributed by atoms with Crippen LogP contribution in [0.2, 0.25) is 0 Å². The lowest BCUT2D eigenvalue weighted by atomic mass is 9.92. The summed E-state index contributed by atoms with van der Waals surface area (Å²) >= 11 is 0. The van der Waals surface area contributed by atoms with Crippen LogP contribution < -0.4 is 5.32 Å². The van der Waals surface area contributed by atoms with E-state index in [-0.39, 0.29) is 0 Å². The maximum Gasteiger partial charge on any atom is 0.118 e. The zero-order valence-electron chi connectivity index (χ0n) is 12.3. The highest BCUT2D eigenvalue weighted by Gasteiger charge is 2.35. The summed E-state index contributed by atoms with van der Waals surface area (Å²) in [7, 11) is 0. The van der Waals surface area contributed by atoms with Gasteiger partial charge in [-0.25, -0.2) is 0 Å². The van der Waals surface area contributed by atoms with E-state index in [0.717, 1.165) is 42.6 Å². The molecule has 0 radical (unpaired) electrons. The minimum Gasteiger partial charge on any atom is -0.463 e. The van der Waals surface area contributed by atoms with Gasteiger partial charge in [0.15, 0.2) is 0 Å². The van der Waals surface area contributed by atoms with E-state index < -0.39 is 0 Å². The summed E-state index contributed by atoms with van der Waals surface area (Å²) in [6.07, 6.45) is 9.79. The summed E-state index contributed by atoms with van der Waals surface area (Å²) in [5, 5.41) is 3.52. The molecular weight excluding hydrogens is 248 g/mol. The van der Waals surface area contributed by atoms with Crippen LogP contribution in [-0.4, -0.2) is 23.5 Å². The molecule has 0 amide bonds. The van der Waals surface area contributed by atoms with E-state index in [1.807, 2.05) is 0 Å². The molecular formula is C17H26N2O. The Morgan fingerprint density at radius 2 is 1.90 bits per heavy atom. The standard InChI is InChI=1S/C17H26N2O/c1-3-13-4-2-10-19(17(13)5-1)12-16-9-8-15(20-16)11-18-14-6-7-14/h8-9,13-14,17-18H,1-7,10-12H2. The van der Waals surface area contributed by atoms with Crippen molar-refractivity contribution in [2.24, 2.45) is 5.92 Å². The smallest absolute Gasteiger partial charge is 0.118 e. The van der Waals surface area contributed by atoms with Gasteiger partial charge in [0.2, 0.25) is 0 Å². The number of nitrogens with zero attached hydrogens (tertiary/aromatic N) is 1. The maximum absolute atomic E-state index is 6.01. The molecule has 2 heterocycles. The molecule has 3 heteroatoms. The Balaban J connectivity index is 1.35. The first-order valence-corrected chi connectivity index (χ1v) is 8.43. The minimum absolute atomic E-state index is 0.755. The number of likely N-dealkylation sites (tertiary alicyclic amines) is 1. The molecule has 1 aliphatic heterocycles. The van der Waals surface area contributed by atoms with E-state index in [1.54, 1.807) is 0 Å². The lowest BCUT2D eigenvalue weighted by molar-refractivity contribution is 0.0974. The monoisotopic (exact) mass is 274 g/mol. The van der Waals surface area contributed by atoms with Crippen molar-refractivity contribution in [3.05, 3.63) is 23.7 Å². The zero-order valence-corrected chi connectivity index (χ0v) is 12.3. The molecule has 2 saturated carbocycles. The number of fused-ring (bicyclic) bond motifs is 1. The van der Waals surface area contributed by atoms with Gasteiger partial charge in [0, 0.05) is 12.1 Å². The number of piperidine rings is 1. The van der Waals surface area contributed by atoms with Crippen molar-refractivity contribution >= 4 is 0 Å². The second-order valence-electron chi connectivity index (χ2n) is 6.89. The van der Waals surface area contributed by atoms with Gasteiger partial charge in [-0.05, 0) is 63.1 Å². The highest BCUT2D eigenvalue weighted by molar-refractivity contribution is 5.08. The largest absolute Gasteiger partial charge is 0.463 e. The van der Waals surface area contributed by atoms with Gasteiger partial charge in [0.25, 0.3) is 0 Å². The zero-order chi connectivity index (χ0) is 13.4. The van der Waals surface area contributed by atoms with E-state index in [4.69, 9.17) is 4.42 Å². The number of rotatable bonds is 5. The van der Waals surface area contributed by atoms with Gasteiger partial charge in [0.1, 0.15) is 11.5 Å². The van der Waals surface area contributed by atoms with Gasteiger partial charge in [-0.2, -0.15) is 0 Å². The first-order chi connectivity index (χ1) is 9.88. The summed E-state index contributed by atoms with van der Waals surface area (Å²) in [5.41, 5.74) is 0. The average molecular weight is 274 g/mol. The van der Waals surface area contributed by atoms with Crippen molar-refractivity contribution in [3.63, 3.8) is 0 Å². The molecule has 3 fully saturated rings. The minimum atomic E-state index is 0.755. The predicted molar refractivity (Wildman–Crippen MR) is 79.3 cm³/mol. The third-order valence-electron chi connectivity index (χ3n) is 5.33. The van der Waals surface area contributed by atoms with Crippen LogP contribution in [0.4, 0.5) is 0 Å². The Kier molecular flexibility index (Phi) is 3.57. The van der Waals surface area contributed by atoms with Crippen molar-refractivity contribution in [1.82, 2.24) is 10.2 Å². The molecule has 4 rings (SSSR count). The van der Waals surface area contributed by atoms with E-state index in [0.29, 0.717) is 0 Å². The molecule has 2 aliphatic carbocycles. The van der Waals surface area contributed by atoms with E-state index >= 15 is 0 Å². The average Bonchev–Trinajstić information content (AvgIpc) is 2.98. The first kappa shape index (κ1) is 12.9. The van der Waals surface area contributed by atoms with Crippen LogP contribution in [0.15, 0.2) is 16.5 Å². The summed E-state index contributed by atoms with van der Waals surface area (Å²) in [6.45, 7) is 3.18. The maximum atomic E-state index is 6.01. The van der Waals surface area contributed by atoms with Gasteiger partial charge in [0.05, 0.1) is 13.1 Å². The lowest BCUT2D eigenvalue weighted by Gasteiger charge is -2.37. The molecule has 2 atom stereocenters. The van der Waals surface area contributed by atoms with Gasteiger partial charge < -0.3 is 9.73 Å². The molecule has 0 spiro atoms. The first-order valence-electron chi connectivity index (χ1n) is 8.43. The van der Waals surface area contributed by atoms with Crippen LogP contribution >= 0.6 is 0 Å². The highest BCUT2D eigenvalue weighted by Crippen LogP contribution is 2.37. The van der Waals surface area contributed by atoms with Crippen LogP contribution in [0.5, 0.6) is 0 Å². The van der Waals surface area contributed by atoms with E-state index in [1.165, 1.54) is 51.5 Å². The normalized spacial score (nSPS) is 30.6. The van der Waals surface area contributed by atoms with Crippen LogP contribution in [0.1, 0.15) is 56.5 Å². The van der Waals surface area contributed by atoms with Crippen LogP contribution in [0.25, 0.3) is 0 Å². The molecule has 1 saturated heterocycles. The molecule has 3 aliphatic rings. The molecule has 1 aromatic rings. The number of nitrogens with one attached hydrogen (secondary N) is 1. The molecule has 20 heavy (non-hydrogen) atoms. The molecule has 110 valence electrons. The fraction of sp³-hybridized carbons (Fsp3) is 0.765. The molecule has 0 aromatic carbocycles. The predicted octanol–water partition coefficient (Wildman–Crippen LogP) is 3.30. The van der Waals surface area contributed by atoms with Gasteiger partial charge in [-0.15, -0.1) is 0 Å². The molecule has 3 nitrogen and oxygen atoms in total.